The molecule has 7 heteroatoms. The van der Waals surface area contributed by atoms with Gasteiger partial charge in [-0.1, -0.05) is 15.9 Å². The van der Waals surface area contributed by atoms with Gasteiger partial charge < -0.3 is 4.90 Å². The van der Waals surface area contributed by atoms with Crippen LogP contribution in [-0.2, 0) is 14.6 Å². The summed E-state index contributed by atoms with van der Waals surface area (Å²) in [5.41, 5.74) is 0. The van der Waals surface area contributed by atoms with Gasteiger partial charge in [-0.15, -0.1) is 0 Å². The molecule has 0 spiro atoms. The Bertz CT molecular complexity index is 590. The highest BCUT2D eigenvalue weighted by Gasteiger charge is 2.21. The predicted molar refractivity (Wildman–Crippen MR) is 74.1 cm³/mol. The van der Waals surface area contributed by atoms with Crippen LogP contribution >= 0.6 is 15.9 Å². The van der Waals surface area contributed by atoms with Crippen LogP contribution in [0.25, 0.3) is 0 Å². The molecule has 1 aromatic carbocycles. The Kier molecular flexibility index (Phi) is 5.51. The van der Waals surface area contributed by atoms with E-state index in [-0.39, 0.29) is 17.9 Å². The molecule has 1 amide bonds. The molecule has 0 heterocycles. The van der Waals surface area contributed by atoms with Gasteiger partial charge in [-0.25, -0.2) is 8.42 Å². The van der Waals surface area contributed by atoms with Crippen LogP contribution in [0.3, 0.4) is 0 Å². The number of hydrogen-bond donors (Lipinski definition) is 0. The van der Waals surface area contributed by atoms with Crippen LogP contribution in [0.5, 0.6) is 0 Å². The van der Waals surface area contributed by atoms with Crippen LogP contribution in [0.15, 0.2) is 33.6 Å². The summed E-state index contributed by atoms with van der Waals surface area (Å²) < 4.78 is 24.8. The minimum absolute atomic E-state index is 0.109. The van der Waals surface area contributed by atoms with Crippen molar-refractivity contribution in [3.05, 3.63) is 28.7 Å². The number of carbonyl (C=O) groups is 1. The molecule has 0 aliphatic rings. The summed E-state index contributed by atoms with van der Waals surface area (Å²) in [4.78, 5) is 13.1. The van der Waals surface area contributed by atoms with E-state index in [4.69, 9.17) is 5.26 Å². The SMILES string of the molecule is CN(CCC#N)C(=O)CS(=O)(=O)c1ccc(Br)cc1. The van der Waals surface area contributed by atoms with Gasteiger partial charge in [0.15, 0.2) is 9.84 Å². The number of rotatable bonds is 5. The Morgan fingerprint density at radius 3 is 2.47 bits per heavy atom. The second-order valence-electron chi connectivity index (χ2n) is 3.94. The van der Waals surface area contributed by atoms with E-state index < -0.39 is 21.5 Å². The minimum Gasteiger partial charge on any atom is -0.344 e. The van der Waals surface area contributed by atoms with Gasteiger partial charge in [-0.2, -0.15) is 5.26 Å². The second-order valence-corrected chi connectivity index (χ2v) is 6.84. The molecule has 0 saturated heterocycles. The zero-order valence-corrected chi connectivity index (χ0v) is 12.7. The lowest BCUT2D eigenvalue weighted by atomic mass is 10.4. The lowest BCUT2D eigenvalue weighted by Crippen LogP contribution is -2.33. The van der Waals surface area contributed by atoms with Crippen molar-refractivity contribution < 1.29 is 13.2 Å². The minimum atomic E-state index is -3.64. The van der Waals surface area contributed by atoms with Crippen LogP contribution in [0.2, 0.25) is 0 Å². The molecule has 0 radical (unpaired) electrons. The number of sulfone groups is 1. The van der Waals surface area contributed by atoms with E-state index in [0.717, 1.165) is 4.47 Å². The van der Waals surface area contributed by atoms with Crippen LogP contribution in [-0.4, -0.2) is 38.6 Å². The topological polar surface area (TPSA) is 78.2 Å². The van der Waals surface area contributed by atoms with Crippen molar-refractivity contribution >= 4 is 31.7 Å². The summed E-state index contributed by atoms with van der Waals surface area (Å²) in [6.45, 7) is 0.227. The Hall–Kier alpha value is -1.39. The van der Waals surface area contributed by atoms with Crippen LogP contribution in [0, 0.1) is 11.3 Å². The van der Waals surface area contributed by atoms with Crippen molar-refractivity contribution in [1.29, 1.82) is 5.26 Å². The monoisotopic (exact) mass is 344 g/mol. The summed E-state index contributed by atoms with van der Waals surface area (Å²) in [6.07, 6.45) is 0.181. The van der Waals surface area contributed by atoms with Gasteiger partial charge in [-0.05, 0) is 24.3 Å². The molecule has 5 nitrogen and oxygen atoms in total. The number of nitriles is 1. The van der Waals surface area contributed by atoms with E-state index in [1.54, 1.807) is 12.1 Å². The normalized spacial score (nSPS) is 10.8. The maximum Gasteiger partial charge on any atom is 0.237 e. The quantitative estimate of drug-likeness (QED) is 0.812. The number of hydrogen-bond acceptors (Lipinski definition) is 4. The number of benzene rings is 1. The zero-order valence-electron chi connectivity index (χ0n) is 10.3. The van der Waals surface area contributed by atoms with Crippen LogP contribution in [0.1, 0.15) is 6.42 Å². The highest BCUT2D eigenvalue weighted by Crippen LogP contribution is 2.16. The number of halogens is 1. The van der Waals surface area contributed by atoms with E-state index >= 15 is 0 Å². The molecular formula is C12H13BrN2O3S. The van der Waals surface area contributed by atoms with Crippen molar-refractivity contribution in [2.75, 3.05) is 19.3 Å². The Balaban J connectivity index is 2.78. The van der Waals surface area contributed by atoms with Gasteiger partial charge in [-0.3, -0.25) is 4.79 Å². The summed E-state index contributed by atoms with van der Waals surface area (Å²) in [7, 11) is -2.16. The van der Waals surface area contributed by atoms with Crippen molar-refractivity contribution in [3.63, 3.8) is 0 Å². The first-order valence-corrected chi connectivity index (χ1v) is 7.90. The molecule has 0 aliphatic carbocycles. The standard InChI is InChI=1S/C12H13BrN2O3S/c1-15(8-2-7-14)12(16)9-19(17,18)11-5-3-10(13)4-6-11/h3-6H,2,8-9H2,1H3. The predicted octanol–water partition coefficient (Wildman–Crippen LogP) is 1.59. The molecule has 0 saturated carbocycles. The number of carbonyl (C=O) groups excluding carboxylic acids is 1. The molecule has 0 atom stereocenters. The van der Waals surface area contributed by atoms with E-state index in [9.17, 15) is 13.2 Å². The molecule has 1 rings (SSSR count). The first kappa shape index (κ1) is 15.7. The van der Waals surface area contributed by atoms with E-state index in [0.29, 0.717) is 0 Å². The summed E-state index contributed by atoms with van der Waals surface area (Å²) in [5, 5.41) is 8.42. The molecule has 0 aliphatic heterocycles. The fraction of sp³-hybridized carbons (Fsp3) is 0.333. The van der Waals surface area contributed by atoms with Gasteiger partial charge in [0.05, 0.1) is 17.4 Å². The largest absolute Gasteiger partial charge is 0.344 e. The molecule has 0 bridgehead atoms. The lowest BCUT2D eigenvalue weighted by Gasteiger charge is -2.15. The molecule has 0 N–H and O–H groups in total. The molecule has 19 heavy (non-hydrogen) atoms. The lowest BCUT2D eigenvalue weighted by molar-refractivity contribution is -0.127. The summed E-state index contributed by atoms with van der Waals surface area (Å²) in [6, 6.07) is 8.01. The smallest absolute Gasteiger partial charge is 0.237 e. The Morgan fingerprint density at radius 2 is 1.95 bits per heavy atom. The molecular weight excluding hydrogens is 332 g/mol. The van der Waals surface area contributed by atoms with Crippen LogP contribution < -0.4 is 0 Å². The average Bonchev–Trinajstić information content (AvgIpc) is 2.35. The second kappa shape index (κ2) is 6.68. The average molecular weight is 345 g/mol. The molecule has 102 valence electrons. The maximum atomic E-state index is 12.0. The van der Waals surface area contributed by atoms with E-state index in [1.807, 2.05) is 6.07 Å². The van der Waals surface area contributed by atoms with Gasteiger partial charge in [0.25, 0.3) is 0 Å². The first-order chi connectivity index (χ1) is 8.86. The highest BCUT2D eigenvalue weighted by molar-refractivity contribution is 9.10. The van der Waals surface area contributed by atoms with Gasteiger partial charge in [0.2, 0.25) is 5.91 Å². The third kappa shape index (κ3) is 4.65. The Morgan fingerprint density at radius 1 is 1.37 bits per heavy atom. The first-order valence-electron chi connectivity index (χ1n) is 5.46. The van der Waals surface area contributed by atoms with E-state index in [2.05, 4.69) is 15.9 Å². The maximum absolute atomic E-state index is 12.0. The summed E-state index contributed by atoms with van der Waals surface area (Å²) >= 11 is 3.21. The van der Waals surface area contributed by atoms with E-state index in [1.165, 1.54) is 24.1 Å². The fourth-order valence-electron chi connectivity index (χ4n) is 1.34. The van der Waals surface area contributed by atoms with Gasteiger partial charge >= 0.3 is 0 Å². The van der Waals surface area contributed by atoms with Gasteiger partial charge in [0, 0.05) is 18.1 Å². The third-order valence-electron chi connectivity index (χ3n) is 2.47. The molecule has 0 fully saturated rings. The van der Waals surface area contributed by atoms with Crippen molar-refractivity contribution in [2.45, 2.75) is 11.3 Å². The zero-order chi connectivity index (χ0) is 14.5. The molecule has 0 aromatic heterocycles. The third-order valence-corrected chi connectivity index (χ3v) is 4.62. The van der Waals surface area contributed by atoms with Crippen molar-refractivity contribution in [2.24, 2.45) is 0 Å². The molecule has 1 aromatic rings. The Labute approximate surface area is 120 Å². The summed E-state index contributed by atoms with van der Waals surface area (Å²) in [5.74, 6) is -1.10. The fourth-order valence-corrected chi connectivity index (χ4v) is 2.87. The number of nitrogens with zero attached hydrogens (tertiary/aromatic N) is 2. The van der Waals surface area contributed by atoms with Crippen molar-refractivity contribution in [3.8, 4) is 6.07 Å². The van der Waals surface area contributed by atoms with Crippen molar-refractivity contribution in [1.82, 2.24) is 4.90 Å². The molecule has 0 unspecified atom stereocenters. The van der Waals surface area contributed by atoms with Gasteiger partial charge in [0.1, 0.15) is 5.75 Å². The van der Waals surface area contributed by atoms with Crippen LogP contribution in [0.4, 0.5) is 0 Å². The highest BCUT2D eigenvalue weighted by atomic mass is 79.9. The number of amides is 1.